The van der Waals surface area contributed by atoms with Crippen LogP contribution in [0.4, 0.5) is 5.69 Å². The van der Waals surface area contributed by atoms with Gasteiger partial charge in [-0.1, -0.05) is 18.2 Å². The Morgan fingerprint density at radius 2 is 1.35 bits per heavy atom. The van der Waals surface area contributed by atoms with E-state index < -0.39 is 6.17 Å². The number of hydrazine groups is 1. The average molecular weight is 496 g/mol. The van der Waals surface area contributed by atoms with E-state index in [0.717, 1.165) is 0 Å². The first-order valence-corrected chi connectivity index (χ1v) is 11.8. The molecule has 186 valence electrons. The van der Waals surface area contributed by atoms with E-state index in [9.17, 15) is 14.4 Å². The van der Waals surface area contributed by atoms with E-state index in [2.05, 4.69) is 10.4 Å². The van der Waals surface area contributed by atoms with E-state index in [1.165, 1.54) is 5.01 Å². The van der Waals surface area contributed by atoms with Crippen molar-refractivity contribution in [3.8, 4) is 11.5 Å². The Labute approximate surface area is 214 Å². The fourth-order valence-corrected chi connectivity index (χ4v) is 4.45. The van der Waals surface area contributed by atoms with Crippen LogP contribution in [0.25, 0.3) is 0 Å². The lowest BCUT2D eigenvalue weighted by Gasteiger charge is -2.17. The summed E-state index contributed by atoms with van der Waals surface area (Å²) in [5.74, 6) is 0.656. The normalized spacial score (nSPS) is 16.5. The Hall–Kier alpha value is -4.56. The van der Waals surface area contributed by atoms with Gasteiger partial charge in [-0.2, -0.15) is 5.43 Å². The van der Waals surface area contributed by atoms with Crippen molar-refractivity contribution in [3.05, 3.63) is 101 Å². The minimum Gasteiger partial charge on any atom is -0.497 e. The number of para-hydroxylation sites is 1. The molecule has 0 aromatic heterocycles. The maximum Gasteiger partial charge on any atom is 0.272 e. The molecule has 5 rings (SSSR count). The van der Waals surface area contributed by atoms with E-state index in [1.54, 1.807) is 62.8 Å². The summed E-state index contributed by atoms with van der Waals surface area (Å²) < 4.78 is 10.4. The van der Waals surface area contributed by atoms with E-state index in [0.29, 0.717) is 45.2 Å². The van der Waals surface area contributed by atoms with Crippen molar-refractivity contribution in [3.63, 3.8) is 0 Å². The molecule has 2 heterocycles. The van der Waals surface area contributed by atoms with Crippen molar-refractivity contribution in [2.24, 2.45) is 4.99 Å². The summed E-state index contributed by atoms with van der Waals surface area (Å²) in [5.41, 5.74) is 6.09. The molecule has 1 atom stereocenters. The molecule has 2 aliphatic rings. The van der Waals surface area contributed by atoms with Gasteiger partial charge in [-0.25, -0.2) is 5.01 Å². The number of ether oxygens (including phenoxy) is 2. The third-order valence-electron chi connectivity index (χ3n) is 6.42. The van der Waals surface area contributed by atoms with Crippen LogP contribution in [0.2, 0.25) is 0 Å². The van der Waals surface area contributed by atoms with E-state index in [1.807, 2.05) is 30.3 Å². The highest BCUT2D eigenvalue weighted by Gasteiger charge is 2.43. The smallest absolute Gasteiger partial charge is 0.272 e. The fraction of sp³-hybridized carbons (Fsp3) is 0.172. The Balaban J connectivity index is 1.45. The van der Waals surface area contributed by atoms with Crippen LogP contribution in [0.5, 0.6) is 11.5 Å². The Kier molecular flexibility index (Phi) is 6.66. The Morgan fingerprint density at radius 1 is 0.811 bits per heavy atom. The molecule has 1 N–H and O–H groups in total. The summed E-state index contributed by atoms with van der Waals surface area (Å²) >= 11 is 0. The molecular formula is C29H25N3O5. The van der Waals surface area contributed by atoms with Gasteiger partial charge in [0.25, 0.3) is 5.91 Å². The van der Waals surface area contributed by atoms with Crippen LogP contribution < -0.4 is 19.9 Å². The molecule has 1 fully saturated rings. The number of anilines is 1. The van der Waals surface area contributed by atoms with Gasteiger partial charge in [-0.3, -0.25) is 19.4 Å². The summed E-state index contributed by atoms with van der Waals surface area (Å²) in [7, 11) is 3.12. The maximum absolute atomic E-state index is 13.5. The fourth-order valence-electron chi connectivity index (χ4n) is 4.45. The summed E-state index contributed by atoms with van der Waals surface area (Å²) in [5, 5.41) is 1.43. The molecule has 0 bridgehead atoms. The van der Waals surface area contributed by atoms with Crippen LogP contribution >= 0.6 is 0 Å². The van der Waals surface area contributed by atoms with Crippen LogP contribution in [0.15, 0.2) is 95.0 Å². The van der Waals surface area contributed by atoms with Gasteiger partial charge in [0, 0.05) is 23.3 Å². The summed E-state index contributed by atoms with van der Waals surface area (Å²) in [4.78, 5) is 44.5. The van der Waals surface area contributed by atoms with Gasteiger partial charge in [0.05, 0.1) is 31.9 Å². The third kappa shape index (κ3) is 4.79. The van der Waals surface area contributed by atoms with Crippen LogP contribution in [0.3, 0.4) is 0 Å². The number of aliphatic imine (C=N–C) groups is 1. The van der Waals surface area contributed by atoms with E-state index in [-0.39, 0.29) is 30.3 Å². The molecule has 0 saturated carbocycles. The van der Waals surface area contributed by atoms with Crippen molar-refractivity contribution >= 4 is 28.9 Å². The number of ketones is 2. The Morgan fingerprint density at radius 3 is 1.89 bits per heavy atom. The minimum atomic E-state index is -0.662. The number of carbonyl (C=O) groups excluding carboxylic acids is 3. The van der Waals surface area contributed by atoms with E-state index in [4.69, 9.17) is 9.47 Å². The van der Waals surface area contributed by atoms with Gasteiger partial charge in [-0.05, 0) is 66.2 Å². The van der Waals surface area contributed by atoms with Gasteiger partial charge in [0.15, 0.2) is 11.6 Å². The second kappa shape index (κ2) is 10.2. The SMILES string of the molecule is COc1ccc(C(=O)CC2=N[C@@H]3NN(c4ccccc4)C(=O)C3=C2CC(=O)c2ccc(OC)cc2)cc1. The van der Waals surface area contributed by atoms with Crippen molar-refractivity contribution in [2.45, 2.75) is 19.0 Å². The zero-order valence-electron chi connectivity index (χ0n) is 20.4. The van der Waals surface area contributed by atoms with Crippen LogP contribution in [-0.2, 0) is 4.79 Å². The first-order valence-electron chi connectivity index (χ1n) is 11.8. The molecule has 2 aliphatic heterocycles. The molecule has 0 radical (unpaired) electrons. The number of methoxy groups -OCH3 is 2. The highest BCUT2D eigenvalue weighted by molar-refractivity contribution is 6.24. The molecule has 8 heteroatoms. The molecule has 37 heavy (non-hydrogen) atoms. The van der Waals surface area contributed by atoms with Gasteiger partial charge in [-0.15, -0.1) is 0 Å². The predicted molar refractivity (Wildman–Crippen MR) is 139 cm³/mol. The number of amides is 1. The lowest BCUT2D eigenvalue weighted by molar-refractivity contribution is -0.114. The number of carbonyl (C=O) groups is 3. The number of allylic oxidation sites excluding steroid dienone is 1. The molecule has 0 unspecified atom stereocenters. The summed E-state index contributed by atoms with van der Waals surface area (Å²) in [6, 6.07) is 22.8. The zero-order valence-corrected chi connectivity index (χ0v) is 20.4. The number of benzene rings is 3. The number of fused-ring (bicyclic) bond motifs is 1. The Bertz CT molecular complexity index is 1410. The van der Waals surface area contributed by atoms with Gasteiger partial charge < -0.3 is 9.47 Å². The monoisotopic (exact) mass is 495 g/mol. The second-order valence-corrected chi connectivity index (χ2v) is 8.63. The standard InChI is InChI=1S/C29H25N3O5/c1-36-21-12-8-18(9-13-21)25(33)16-23-24(17-26(34)19-10-14-22(37-2)15-11-19)30-28-27(23)29(35)32(31-28)20-6-4-3-5-7-20/h3-15,28,31H,16-17H2,1-2H3/t28-/m1/s1. The molecule has 0 aliphatic carbocycles. The predicted octanol–water partition coefficient (Wildman–Crippen LogP) is 4.18. The summed E-state index contributed by atoms with van der Waals surface area (Å²) in [6.07, 6.45) is -0.745. The largest absolute Gasteiger partial charge is 0.497 e. The topological polar surface area (TPSA) is 97.3 Å². The van der Waals surface area contributed by atoms with Gasteiger partial charge >= 0.3 is 0 Å². The zero-order chi connectivity index (χ0) is 25.9. The van der Waals surface area contributed by atoms with E-state index >= 15 is 0 Å². The summed E-state index contributed by atoms with van der Waals surface area (Å²) in [6.45, 7) is 0. The number of hydrogen-bond donors (Lipinski definition) is 1. The highest BCUT2D eigenvalue weighted by atomic mass is 16.5. The maximum atomic E-state index is 13.5. The lowest BCUT2D eigenvalue weighted by Crippen LogP contribution is -2.37. The van der Waals surface area contributed by atoms with Crippen molar-refractivity contribution in [2.75, 3.05) is 19.2 Å². The quantitative estimate of drug-likeness (QED) is 0.448. The number of nitrogens with one attached hydrogen (secondary N) is 1. The lowest BCUT2D eigenvalue weighted by atomic mass is 9.93. The first-order chi connectivity index (χ1) is 18.0. The number of hydrogen-bond acceptors (Lipinski definition) is 7. The highest BCUT2D eigenvalue weighted by Crippen LogP contribution is 2.34. The van der Waals surface area contributed by atoms with Gasteiger partial charge in [0.1, 0.15) is 17.7 Å². The van der Waals surface area contributed by atoms with Gasteiger partial charge in [0.2, 0.25) is 0 Å². The first kappa shape index (κ1) is 24.1. The van der Waals surface area contributed by atoms with Crippen molar-refractivity contribution in [1.29, 1.82) is 0 Å². The van der Waals surface area contributed by atoms with Crippen LogP contribution in [0, 0.1) is 0 Å². The molecule has 3 aromatic rings. The molecular weight excluding hydrogens is 470 g/mol. The van der Waals surface area contributed by atoms with Crippen molar-refractivity contribution in [1.82, 2.24) is 5.43 Å². The number of nitrogens with zero attached hydrogens (tertiary/aromatic N) is 2. The number of rotatable bonds is 9. The molecule has 8 nitrogen and oxygen atoms in total. The second-order valence-electron chi connectivity index (χ2n) is 8.63. The average Bonchev–Trinajstić information content (AvgIpc) is 3.44. The molecule has 3 aromatic carbocycles. The third-order valence-corrected chi connectivity index (χ3v) is 6.42. The number of Topliss-reactive ketones (excluding diaryl/α,β-unsaturated/α-hetero) is 2. The molecule has 1 saturated heterocycles. The van der Waals surface area contributed by atoms with Crippen molar-refractivity contribution < 1.29 is 23.9 Å². The molecule has 1 amide bonds. The minimum absolute atomic E-state index is 0.0299. The molecule has 0 spiro atoms. The van der Waals surface area contributed by atoms with Crippen LogP contribution in [0.1, 0.15) is 33.6 Å². The van der Waals surface area contributed by atoms with Crippen LogP contribution in [-0.4, -0.2) is 43.6 Å².